The summed E-state index contributed by atoms with van der Waals surface area (Å²) in [6.45, 7) is 0. The summed E-state index contributed by atoms with van der Waals surface area (Å²) in [4.78, 5) is 8.10. The van der Waals surface area contributed by atoms with Crippen LogP contribution in [0.2, 0.25) is 5.02 Å². The normalized spacial score (nSPS) is 30.1. The molecule has 5 nitrogen and oxygen atoms in total. The number of rotatable bonds is 6. The third kappa shape index (κ3) is 5.27. The van der Waals surface area contributed by atoms with Gasteiger partial charge in [0, 0.05) is 24.8 Å². The molecule has 0 bridgehead atoms. The van der Waals surface area contributed by atoms with Crippen LogP contribution in [-0.4, -0.2) is 41.2 Å². The number of fused-ring (bicyclic) bond motifs is 1. The van der Waals surface area contributed by atoms with Gasteiger partial charge in [0.1, 0.15) is 12.1 Å². The van der Waals surface area contributed by atoms with Crippen LogP contribution in [-0.2, 0) is 9.47 Å². The molecule has 1 saturated carbocycles. The van der Waals surface area contributed by atoms with E-state index in [1.807, 2.05) is 30.0 Å². The van der Waals surface area contributed by atoms with Crippen LogP contribution in [0, 0.1) is 17.8 Å². The summed E-state index contributed by atoms with van der Waals surface area (Å²) in [5, 5.41) is 4.63. The number of allylic oxidation sites excluding steroid dienone is 4. The number of hydrogen-bond acceptors (Lipinski definition) is 5. The Balaban J connectivity index is 1.05. The predicted molar refractivity (Wildman–Crippen MR) is 153 cm³/mol. The van der Waals surface area contributed by atoms with Crippen molar-refractivity contribution in [1.29, 1.82) is 0 Å². The smallest absolute Gasteiger partial charge is 0.158 e. The summed E-state index contributed by atoms with van der Waals surface area (Å²) in [6, 6.07) is 14.4. The first-order chi connectivity index (χ1) is 18.1. The van der Waals surface area contributed by atoms with Gasteiger partial charge in [-0.15, -0.1) is 11.8 Å². The Labute approximate surface area is 228 Å². The number of thioether (sulfide) groups is 1. The van der Waals surface area contributed by atoms with Crippen molar-refractivity contribution >= 4 is 40.0 Å². The van der Waals surface area contributed by atoms with Crippen LogP contribution in [0.3, 0.4) is 0 Å². The Hall–Kier alpha value is -2.09. The fourth-order valence-electron chi connectivity index (χ4n) is 6.21. The first-order valence-corrected chi connectivity index (χ1v) is 14.5. The van der Waals surface area contributed by atoms with E-state index in [1.54, 1.807) is 14.2 Å². The third-order valence-corrected chi connectivity index (χ3v) is 10.1. The monoisotopic (exact) mass is 535 g/mol. The maximum absolute atomic E-state index is 6.12. The molecule has 2 heterocycles. The van der Waals surface area contributed by atoms with Crippen molar-refractivity contribution in [3.05, 3.63) is 71.3 Å². The molecule has 2 fully saturated rings. The number of H-pyrrole nitrogens is 1. The van der Waals surface area contributed by atoms with E-state index < -0.39 is 0 Å². The number of aromatic amines is 1. The number of aromatic nitrogens is 2. The van der Waals surface area contributed by atoms with E-state index in [0.717, 1.165) is 34.8 Å². The minimum absolute atomic E-state index is 0.0457. The minimum Gasteiger partial charge on any atom is -0.365 e. The van der Waals surface area contributed by atoms with E-state index in [2.05, 4.69) is 52.8 Å². The lowest BCUT2D eigenvalue weighted by Crippen LogP contribution is -2.39. The SMILES string of the molecule is COC1NC(OC)C(C2CCC(C3C=CC(c4ccc(-c5nc6ccc(Cl)cc6[nH]5)cc4)=CC3)CC2)S1. The summed E-state index contributed by atoms with van der Waals surface area (Å²) in [5.41, 5.74) is 5.58. The second-order valence-corrected chi connectivity index (χ2v) is 12.1. The average Bonchev–Trinajstić information content (AvgIpc) is 3.57. The number of nitrogens with zero attached hydrogens (tertiary/aromatic N) is 1. The molecule has 4 unspecified atom stereocenters. The maximum atomic E-state index is 6.12. The third-order valence-electron chi connectivity index (χ3n) is 8.30. The molecular weight excluding hydrogens is 502 g/mol. The van der Waals surface area contributed by atoms with Gasteiger partial charge in [0.25, 0.3) is 0 Å². The predicted octanol–water partition coefficient (Wildman–Crippen LogP) is 7.26. The largest absolute Gasteiger partial charge is 0.365 e. The number of nitrogens with one attached hydrogen (secondary N) is 2. The Morgan fingerprint density at radius 3 is 2.41 bits per heavy atom. The van der Waals surface area contributed by atoms with Gasteiger partial charge in [0.05, 0.1) is 16.3 Å². The fourth-order valence-corrected chi connectivity index (χ4v) is 7.82. The van der Waals surface area contributed by atoms with Crippen LogP contribution in [0.15, 0.2) is 60.7 Å². The number of halogens is 1. The molecular formula is C30H34ClN3O2S. The van der Waals surface area contributed by atoms with E-state index in [0.29, 0.717) is 22.1 Å². The van der Waals surface area contributed by atoms with Gasteiger partial charge in [0.15, 0.2) is 5.56 Å². The van der Waals surface area contributed by atoms with Crippen LogP contribution in [0.5, 0.6) is 0 Å². The van der Waals surface area contributed by atoms with E-state index in [9.17, 15) is 0 Å². The van der Waals surface area contributed by atoms with Crippen LogP contribution < -0.4 is 5.32 Å². The highest BCUT2D eigenvalue weighted by Crippen LogP contribution is 2.44. The van der Waals surface area contributed by atoms with Gasteiger partial charge < -0.3 is 14.5 Å². The molecule has 3 aromatic rings. The summed E-state index contributed by atoms with van der Waals surface area (Å²) in [7, 11) is 3.56. The molecule has 0 spiro atoms. The van der Waals surface area contributed by atoms with E-state index in [1.165, 1.54) is 36.8 Å². The van der Waals surface area contributed by atoms with Gasteiger partial charge in [0.2, 0.25) is 0 Å². The Kier molecular flexibility index (Phi) is 7.46. The molecule has 0 amide bonds. The second-order valence-electron chi connectivity index (χ2n) is 10.4. The summed E-state index contributed by atoms with van der Waals surface area (Å²) < 4.78 is 11.2. The van der Waals surface area contributed by atoms with Crippen molar-refractivity contribution in [1.82, 2.24) is 15.3 Å². The van der Waals surface area contributed by atoms with Crippen molar-refractivity contribution in [2.45, 2.75) is 49.1 Å². The average molecular weight is 536 g/mol. The number of hydrogen-bond donors (Lipinski definition) is 2. The Morgan fingerprint density at radius 1 is 0.946 bits per heavy atom. The first kappa shape index (κ1) is 25.2. The van der Waals surface area contributed by atoms with Crippen molar-refractivity contribution in [3.8, 4) is 11.4 Å². The topological polar surface area (TPSA) is 59.2 Å². The lowest BCUT2D eigenvalue weighted by atomic mass is 9.72. The van der Waals surface area contributed by atoms with E-state index in [-0.39, 0.29) is 11.8 Å². The molecule has 1 saturated heterocycles. The number of benzene rings is 2. The van der Waals surface area contributed by atoms with Crippen molar-refractivity contribution < 1.29 is 9.47 Å². The fraction of sp³-hybridized carbons (Fsp3) is 0.433. The molecule has 194 valence electrons. The highest BCUT2D eigenvalue weighted by molar-refractivity contribution is 8.00. The highest BCUT2D eigenvalue weighted by Gasteiger charge is 2.41. The molecule has 7 heteroatoms. The van der Waals surface area contributed by atoms with E-state index >= 15 is 0 Å². The zero-order valence-corrected chi connectivity index (χ0v) is 22.9. The molecule has 2 N–H and O–H groups in total. The number of ether oxygens (including phenoxy) is 2. The molecule has 1 aromatic heterocycles. The van der Waals surface area contributed by atoms with Crippen LogP contribution in [0.4, 0.5) is 0 Å². The second kappa shape index (κ2) is 11.0. The maximum Gasteiger partial charge on any atom is 0.158 e. The quantitative estimate of drug-likeness (QED) is 0.348. The lowest BCUT2D eigenvalue weighted by molar-refractivity contribution is 0.0267. The van der Waals surface area contributed by atoms with Crippen LogP contribution >= 0.6 is 23.4 Å². The molecule has 4 atom stereocenters. The zero-order chi connectivity index (χ0) is 25.4. The first-order valence-electron chi connectivity index (χ1n) is 13.2. The summed E-state index contributed by atoms with van der Waals surface area (Å²) >= 11 is 8.01. The molecule has 2 aromatic carbocycles. The highest BCUT2D eigenvalue weighted by atomic mass is 35.5. The Bertz CT molecular complexity index is 1300. The molecule has 3 aliphatic rings. The molecule has 2 aliphatic carbocycles. The molecule has 1 aliphatic heterocycles. The summed E-state index contributed by atoms with van der Waals surface area (Å²) in [6.07, 6.45) is 13.6. The lowest BCUT2D eigenvalue weighted by Gasteiger charge is -2.36. The number of imidazole rings is 1. The van der Waals surface area contributed by atoms with Crippen molar-refractivity contribution in [2.24, 2.45) is 17.8 Å². The molecule has 37 heavy (non-hydrogen) atoms. The minimum atomic E-state index is 0.0457. The zero-order valence-electron chi connectivity index (χ0n) is 21.3. The van der Waals surface area contributed by atoms with Crippen molar-refractivity contribution in [3.63, 3.8) is 0 Å². The van der Waals surface area contributed by atoms with Crippen LogP contribution in [0.25, 0.3) is 28.0 Å². The molecule has 6 rings (SSSR count). The van der Waals surface area contributed by atoms with Crippen molar-refractivity contribution in [2.75, 3.05) is 14.2 Å². The van der Waals surface area contributed by atoms with E-state index in [4.69, 9.17) is 26.1 Å². The number of methoxy groups -OCH3 is 2. The van der Waals surface area contributed by atoms with Gasteiger partial charge in [-0.2, -0.15) is 0 Å². The van der Waals surface area contributed by atoms with Gasteiger partial charge in [-0.25, -0.2) is 4.98 Å². The Morgan fingerprint density at radius 2 is 1.70 bits per heavy atom. The van der Waals surface area contributed by atoms with Gasteiger partial charge in [-0.1, -0.05) is 54.1 Å². The molecule has 0 radical (unpaired) electrons. The van der Waals surface area contributed by atoms with Gasteiger partial charge in [-0.05, 0) is 79.2 Å². The van der Waals surface area contributed by atoms with Gasteiger partial charge >= 0.3 is 0 Å². The van der Waals surface area contributed by atoms with Crippen LogP contribution in [0.1, 0.15) is 37.7 Å². The standard InChI is InChI=1S/C30H34ClN3O2S/c1-35-29-27(37-30(34-29)36-2)22-11-7-20(8-12-22)18-3-5-19(6-4-18)21-9-13-23(14-10-21)28-32-25-16-15-24(31)17-26(25)33-28/h3,5-6,9-10,13-18,20,22,27,29-30,34H,4,7-8,11-12H2,1-2H3,(H,32,33). The summed E-state index contributed by atoms with van der Waals surface area (Å²) in [5.74, 6) is 2.98. The van der Waals surface area contributed by atoms with Gasteiger partial charge in [-0.3, -0.25) is 5.32 Å².